The fourth-order valence-corrected chi connectivity index (χ4v) is 11.7. The molecule has 9 nitrogen and oxygen atoms in total. The second-order valence-corrected chi connectivity index (χ2v) is 19.6. The maximum Gasteiger partial charge on any atom is 0.263 e. The molecule has 2 bridgehead atoms. The minimum Gasteiger partial charge on any atom is -0.490 e. The first kappa shape index (κ1) is 40.7. The lowest BCUT2D eigenvalue weighted by Gasteiger charge is -2.57. The van der Waals surface area contributed by atoms with Crippen LogP contribution in [-0.4, -0.2) is 103 Å². The van der Waals surface area contributed by atoms with Gasteiger partial charge in [-0.05, 0) is 132 Å². The van der Waals surface area contributed by atoms with Crippen molar-refractivity contribution in [1.82, 2.24) is 14.5 Å². The first-order valence-corrected chi connectivity index (χ1v) is 22.3. The minimum atomic E-state index is -1.62. The van der Waals surface area contributed by atoms with Crippen molar-refractivity contribution in [3.63, 3.8) is 0 Å². The van der Waals surface area contributed by atoms with Gasteiger partial charge < -0.3 is 19.1 Å². The van der Waals surface area contributed by atoms with E-state index in [9.17, 15) is 9.00 Å². The lowest BCUT2D eigenvalue weighted by molar-refractivity contribution is -0.197. The largest absolute Gasteiger partial charge is 0.490 e. The molecule has 2 fully saturated rings. The molecule has 11 heteroatoms. The Morgan fingerprint density at radius 2 is 1.89 bits per heavy atom. The molecular formula is C44H63ClN4O5S. The number of aryl methyl sites for hydroxylation is 1. The monoisotopic (exact) mass is 794 g/mol. The number of piperazine rings is 1. The van der Waals surface area contributed by atoms with Gasteiger partial charge in [-0.15, -0.1) is 0 Å². The molecule has 5 aliphatic rings. The second-order valence-electron chi connectivity index (χ2n) is 17.7. The summed E-state index contributed by atoms with van der Waals surface area (Å²) in [4.78, 5) is 21.6. The fourth-order valence-electron chi connectivity index (χ4n) is 10.2. The SMILES string of the molecule is CCO[C@]1(N2CCN(C(C)(C)C)CC2)/C=C/CC(C)C(CCOC)S(=O)NC(=O)c2ccc3c(c2)N(CC2CCC21)C[C@@]1(CCCc2cc(Cl)ccc21)CO3. The van der Waals surface area contributed by atoms with Gasteiger partial charge >= 0.3 is 0 Å². The molecule has 2 aliphatic carbocycles. The summed E-state index contributed by atoms with van der Waals surface area (Å²) in [6.07, 6.45) is 11.2. The van der Waals surface area contributed by atoms with Crippen LogP contribution in [0.15, 0.2) is 48.6 Å². The van der Waals surface area contributed by atoms with Crippen LogP contribution in [0, 0.1) is 17.8 Å². The highest BCUT2D eigenvalue weighted by atomic mass is 35.5. The zero-order valence-electron chi connectivity index (χ0n) is 33.9. The summed E-state index contributed by atoms with van der Waals surface area (Å²) >= 11 is 6.55. The Hall–Kier alpha value is -2.47. The number of benzene rings is 2. The smallest absolute Gasteiger partial charge is 0.263 e. The van der Waals surface area contributed by atoms with Crippen LogP contribution in [0.4, 0.5) is 5.69 Å². The number of nitrogens with zero attached hydrogens (tertiary/aromatic N) is 3. The number of methoxy groups -OCH3 is 1. The van der Waals surface area contributed by atoms with E-state index in [-0.39, 0.29) is 33.9 Å². The minimum absolute atomic E-state index is 0.0371. The highest BCUT2D eigenvalue weighted by Crippen LogP contribution is 2.50. The third-order valence-electron chi connectivity index (χ3n) is 13.4. The van der Waals surface area contributed by atoms with Crippen LogP contribution in [0.25, 0.3) is 0 Å². The number of hydrogen-bond acceptors (Lipinski definition) is 8. The molecule has 1 saturated heterocycles. The van der Waals surface area contributed by atoms with Gasteiger partial charge in [0.05, 0.1) is 17.5 Å². The number of ether oxygens (including phenoxy) is 3. The topological polar surface area (TPSA) is 83.6 Å². The molecule has 5 unspecified atom stereocenters. The maximum absolute atomic E-state index is 14.0. The van der Waals surface area contributed by atoms with Crippen molar-refractivity contribution in [2.24, 2.45) is 17.8 Å². The summed E-state index contributed by atoms with van der Waals surface area (Å²) in [5.41, 5.74) is 3.36. The van der Waals surface area contributed by atoms with Crippen molar-refractivity contribution < 1.29 is 23.2 Å². The molecule has 1 saturated carbocycles. The number of anilines is 1. The molecule has 0 aromatic heterocycles. The van der Waals surface area contributed by atoms with Crippen molar-refractivity contribution in [2.45, 2.75) is 101 Å². The number of carbonyl (C=O) groups is 1. The molecule has 302 valence electrons. The maximum atomic E-state index is 14.0. The van der Waals surface area contributed by atoms with Gasteiger partial charge in [0, 0.05) is 87.1 Å². The summed E-state index contributed by atoms with van der Waals surface area (Å²) in [5.74, 6) is 1.13. The van der Waals surface area contributed by atoms with Crippen LogP contribution in [0.5, 0.6) is 5.75 Å². The predicted octanol–water partition coefficient (Wildman–Crippen LogP) is 7.38. The number of halogens is 1. The number of allylic oxidation sites excluding steroid dienone is 1. The van der Waals surface area contributed by atoms with E-state index in [1.165, 1.54) is 11.1 Å². The molecule has 7 atom stereocenters. The van der Waals surface area contributed by atoms with Gasteiger partial charge in [-0.3, -0.25) is 19.3 Å². The van der Waals surface area contributed by atoms with Crippen LogP contribution >= 0.6 is 11.6 Å². The van der Waals surface area contributed by atoms with Crippen molar-refractivity contribution in [2.75, 3.05) is 71.1 Å². The molecule has 1 spiro atoms. The normalized spacial score (nSPS) is 32.7. The molecule has 3 aliphatic heterocycles. The van der Waals surface area contributed by atoms with E-state index >= 15 is 0 Å². The zero-order valence-corrected chi connectivity index (χ0v) is 35.5. The first-order chi connectivity index (χ1) is 26.4. The molecule has 3 heterocycles. The van der Waals surface area contributed by atoms with Crippen molar-refractivity contribution >= 4 is 34.2 Å². The van der Waals surface area contributed by atoms with Gasteiger partial charge in [0.2, 0.25) is 0 Å². The van der Waals surface area contributed by atoms with Crippen molar-refractivity contribution in [1.29, 1.82) is 0 Å². The number of amides is 1. The van der Waals surface area contributed by atoms with Gasteiger partial charge in [-0.1, -0.05) is 30.7 Å². The quantitative estimate of drug-likeness (QED) is 0.304. The Balaban J connectivity index is 1.32. The van der Waals surface area contributed by atoms with Gasteiger partial charge in [-0.2, -0.15) is 0 Å². The average molecular weight is 796 g/mol. The Morgan fingerprint density at radius 1 is 1.09 bits per heavy atom. The third-order valence-corrected chi connectivity index (χ3v) is 15.2. The molecule has 0 radical (unpaired) electrons. The Bertz CT molecular complexity index is 1740. The van der Waals surface area contributed by atoms with E-state index in [2.05, 4.69) is 78.3 Å². The van der Waals surface area contributed by atoms with Crippen LogP contribution < -0.4 is 14.4 Å². The number of fused-ring (bicyclic) bond motifs is 4. The van der Waals surface area contributed by atoms with Crippen molar-refractivity contribution in [3.05, 3.63) is 70.3 Å². The fraction of sp³-hybridized carbons (Fsp3) is 0.659. The van der Waals surface area contributed by atoms with Crippen LogP contribution in [-0.2, 0) is 32.3 Å². The van der Waals surface area contributed by atoms with Crippen LogP contribution in [0.3, 0.4) is 0 Å². The summed E-state index contributed by atoms with van der Waals surface area (Å²) < 4.78 is 36.3. The molecular weight excluding hydrogens is 732 g/mol. The van der Waals surface area contributed by atoms with E-state index < -0.39 is 16.7 Å². The van der Waals surface area contributed by atoms with E-state index in [1.54, 1.807) is 7.11 Å². The van der Waals surface area contributed by atoms with Gasteiger partial charge in [-0.25, -0.2) is 4.21 Å². The van der Waals surface area contributed by atoms with Crippen molar-refractivity contribution in [3.8, 4) is 5.75 Å². The van der Waals surface area contributed by atoms with E-state index in [1.807, 2.05) is 24.3 Å². The Kier molecular flexibility index (Phi) is 12.4. The highest BCUT2D eigenvalue weighted by Gasteiger charge is 2.53. The molecule has 2 aromatic rings. The highest BCUT2D eigenvalue weighted by molar-refractivity contribution is 7.84. The van der Waals surface area contributed by atoms with Gasteiger partial charge in [0.1, 0.15) is 22.5 Å². The lowest BCUT2D eigenvalue weighted by Crippen LogP contribution is -2.66. The third kappa shape index (κ3) is 8.28. The molecule has 1 N–H and O–H groups in total. The summed E-state index contributed by atoms with van der Waals surface area (Å²) in [6.45, 7) is 18.3. The van der Waals surface area contributed by atoms with Crippen LogP contribution in [0.1, 0.15) is 94.6 Å². The second kappa shape index (κ2) is 16.8. The number of carbonyl (C=O) groups excluding carboxylic acids is 1. The zero-order chi connectivity index (χ0) is 39.0. The van der Waals surface area contributed by atoms with E-state index in [0.29, 0.717) is 37.7 Å². The van der Waals surface area contributed by atoms with E-state index in [0.717, 1.165) is 94.3 Å². The average Bonchev–Trinajstić information content (AvgIpc) is 3.29. The van der Waals surface area contributed by atoms with Crippen LogP contribution in [0.2, 0.25) is 5.02 Å². The van der Waals surface area contributed by atoms with E-state index in [4.69, 9.17) is 25.8 Å². The summed E-state index contributed by atoms with van der Waals surface area (Å²) in [5, 5.41) is 0.488. The predicted molar refractivity (Wildman–Crippen MR) is 222 cm³/mol. The molecule has 55 heavy (non-hydrogen) atoms. The molecule has 7 rings (SSSR count). The summed E-state index contributed by atoms with van der Waals surface area (Å²) in [7, 11) is 0.0476. The summed E-state index contributed by atoms with van der Waals surface area (Å²) in [6, 6.07) is 12.1. The Labute approximate surface area is 337 Å². The lowest BCUT2D eigenvalue weighted by atomic mass is 9.66. The standard InChI is InChI=1S/C44H63ClN4O5S/c1-7-54-44(49-23-21-48(22-24-49)42(3,4)5)20-8-10-31(2)40(18-25-52-6)55(51)46-41(50)33-13-17-39-38(27-33)47(28-34-12-15-37(34)44)29-43(30-53-39)19-9-11-32-26-35(45)14-16-36(32)43/h8,13-14,16-17,20,26-27,31,34,37,40H,7,9-12,15,18-19,21-25,28-30H2,1-6H3,(H,46,50)/b20-8+/t31?,34?,37?,40?,43-,44+,55?/m0/s1. The molecule has 2 aromatic carbocycles. The number of rotatable bonds is 6. The number of nitrogens with one attached hydrogen (secondary N) is 1. The van der Waals surface area contributed by atoms with Gasteiger partial charge in [0.15, 0.2) is 0 Å². The van der Waals surface area contributed by atoms with Gasteiger partial charge in [0.25, 0.3) is 5.91 Å². The molecule has 1 amide bonds. The number of hydrogen-bond donors (Lipinski definition) is 1. The Morgan fingerprint density at radius 3 is 2.60 bits per heavy atom. The first-order valence-electron chi connectivity index (χ1n) is 20.7.